The molecule has 0 saturated heterocycles. The van der Waals surface area contributed by atoms with Gasteiger partial charge in [0.15, 0.2) is 0 Å². The molecule has 0 radical (unpaired) electrons. The van der Waals surface area contributed by atoms with Gasteiger partial charge in [-0.05, 0) is 16.6 Å². The van der Waals surface area contributed by atoms with Gasteiger partial charge in [-0.2, -0.15) is 0 Å². The quantitative estimate of drug-likeness (QED) is 0.540. The molecule has 0 unspecified atom stereocenters. The van der Waals surface area contributed by atoms with Crippen LogP contribution in [0.25, 0.3) is 0 Å². The summed E-state index contributed by atoms with van der Waals surface area (Å²) in [6.45, 7) is 0. The molecule has 2 aliphatic rings. The lowest BCUT2D eigenvalue weighted by molar-refractivity contribution is 1.28. The summed E-state index contributed by atoms with van der Waals surface area (Å²) in [5.41, 5.74) is 1.34. The van der Waals surface area contributed by atoms with Crippen LogP contribution in [0.5, 0.6) is 0 Å². The molecule has 1 aliphatic carbocycles. The van der Waals surface area contributed by atoms with Crippen LogP contribution in [0.15, 0.2) is 46.9 Å². The van der Waals surface area contributed by atoms with Crippen molar-refractivity contribution in [2.45, 2.75) is 6.42 Å². The van der Waals surface area contributed by atoms with Crippen molar-refractivity contribution >= 4 is 28.2 Å². The smallest absolute Gasteiger partial charge is 0.0750 e. The average molecular weight is 192 g/mol. The number of rotatable bonds is 0. The average Bonchev–Trinajstić information content (AvgIpc) is 2.35. The Hall–Kier alpha value is -0.600. The van der Waals surface area contributed by atoms with Crippen LogP contribution >= 0.6 is 24.0 Å². The lowest BCUT2D eigenvalue weighted by atomic mass is 10.1. The molecule has 0 aromatic carbocycles. The van der Waals surface area contributed by atoms with Crippen molar-refractivity contribution in [3.8, 4) is 0 Å². The summed E-state index contributed by atoms with van der Waals surface area (Å²) in [6, 6.07) is 0. The minimum Gasteiger partial charge on any atom is -0.0824 e. The third-order valence-electron chi connectivity index (χ3n) is 1.75. The van der Waals surface area contributed by atoms with Crippen LogP contribution < -0.4 is 0 Å². The van der Waals surface area contributed by atoms with Crippen LogP contribution in [-0.2, 0) is 0 Å². The normalized spacial score (nSPS) is 21.2. The monoisotopic (exact) mass is 192 g/mol. The van der Waals surface area contributed by atoms with Crippen LogP contribution in [0, 0.1) is 0 Å². The second-order valence-electron chi connectivity index (χ2n) is 2.69. The van der Waals surface area contributed by atoms with Gasteiger partial charge < -0.3 is 0 Å². The van der Waals surface area contributed by atoms with E-state index in [1.54, 1.807) is 11.8 Å². The molecule has 2 bridgehead atoms. The summed E-state index contributed by atoms with van der Waals surface area (Å²) >= 11 is 6.83. The molecule has 12 heavy (non-hydrogen) atoms. The van der Waals surface area contributed by atoms with E-state index in [4.69, 9.17) is 12.2 Å². The predicted octanol–water partition coefficient (Wildman–Crippen LogP) is 3.39. The fourth-order valence-corrected chi connectivity index (χ4v) is 2.35. The predicted molar refractivity (Wildman–Crippen MR) is 59.3 cm³/mol. The minimum absolute atomic E-state index is 0.958. The van der Waals surface area contributed by atoms with Crippen molar-refractivity contribution in [1.82, 2.24) is 0 Å². The molecule has 0 spiro atoms. The van der Waals surface area contributed by atoms with E-state index in [0.29, 0.717) is 0 Å². The van der Waals surface area contributed by atoms with E-state index in [0.717, 1.165) is 10.6 Å². The lowest BCUT2D eigenvalue weighted by Crippen LogP contribution is -1.79. The van der Waals surface area contributed by atoms with Crippen LogP contribution in [0.2, 0.25) is 0 Å². The first-order valence-electron chi connectivity index (χ1n) is 3.81. The topological polar surface area (TPSA) is 0 Å². The number of allylic oxidation sites excluding steroid dienone is 7. The Bertz CT molecular complexity index is 330. The van der Waals surface area contributed by atoms with Crippen molar-refractivity contribution in [2.24, 2.45) is 0 Å². The Morgan fingerprint density at radius 3 is 2.92 bits per heavy atom. The summed E-state index contributed by atoms with van der Waals surface area (Å²) in [7, 11) is 0. The van der Waals surface area contributed by atoms with Gasteiger partial charge in [-0.25, -0.2) is 0 Å². The summed E-state index contributed by atoms with van der Waals surface area (Å²) in [4.78, 5) is 1.34. The zero-order valence-corrected chi connectivity index (χ0v) is 8.12. The fraction of sp³-hybridized carbons (Fsp3) is 0.100. The number of hydrogen-bond donors (Lipinski definition) is 0. The molecule has 0 N–H and O–H groups in total. The van der Waals surface area contributed by atoms with Crippen molar-refractivity contribution in [1.29, 1.82) is 0 Å². The highest BCUT2D eigenvalue weighted by molar-refractivity contribution is 8.26. The van der Waals surface area contributed by atoms with Gasteiger partial charge in [0, 0.05) is 6.42 Å². The third kappa shape index (κ3) is 1.76. The van der Waals surface area contributed by atoms with Crippen molar-refractivity contribution in [3.05, 3.63) is 46.9 Å². The molecular formula is C10H8S2. The van der Waals surface area contributed by atoms with Crippen LogP contribution in [0.3, 0.4) is 0 Å². The molecule has 1 aliphatic heterocycles. The fourth-order valence-electron chi connectivity index (χ4n) is 1.18. The first-order chi connectivity index (χ1) is 5.84. The molecule has 0 fully saturated rings. The molecule has 0 aromatic heterocycles. The maximum absolute atomic E-state index is 5.14. The van der Waals surface area contributed by atoms with Gasteiger partial charge in [0.1, 0.15) is 0 Å². The van der Waals surface area contributed by atoms with Crippen LogP contribution in [0.1, 0.15) is 6.42 Å². The maximum atomic E-state index is 5.14. The molecule has 2 heteroatoms. The van der Waals surface area contributed by atoms with E-state index < -0.39 is 0 Å². The second-order valence-corrected chi connectivity index (χ2v) is 4.56. The molecule has 0 nitrogen and oxygen atoms in total. The molecule has 2 rings (SSSR count). The Balaban J connectivity index is 2.41. The molecule has 0 amide bonds. The first-order valence-corrected chi connectivity index (χ1v) is 5.03. The van der Waals surface area contributed by atoms with Crippen molar-refractivity contribution in [3.63, 3.8) is 0 Å². The lowest BCUT2D eigenvalue weighted by Gasteiger charge is -1.99. The van der Waals surface area contributed by atoms with Gasteiger partial charge in [-0.15, -0.1) is 0 Å². The SMILES string of the molecule is S=C1C=CC2=CC=CC=C(C2)S1. The molecule has 0 atom stereocenters. The Labute approximate surface area is 81.7 Å². The van der Waals surface area contributed by atoms with Gasteiger partial charge in [0.05, 0.1) is 4.20 Å². The van der Waals surface area contributed by atoms with Gasteiger partial charge in [-0.3, -0.25) is 0 Å². The molecule has 1 heterocycles. The standard InChI is InChI=1S/C10H8S2/c11-10-6-5-8-3-1-2-4-9(7-8)12-10/h1-6H,7H2. The Kier molecular flexibility index (Phi) is 2.28. The number of thiocarbonyl (C=S) groups is 1. The maximum Gasteiger partial charge on any atom is 0.0750 e. The van der Waals surface area contributed by atoms with Crippen LogP contribution in [-0.4, -0.2) is 4.20 Å². The van der Waals surface area contributed by atoms with E-state index in [-0.39, 0.29) is 0 Å². The van der Waals surface area contributed by atoms with E-state index in [2.05, 4.69) is 30.4 Å². The molecule has 0 saturated carbocycles. The van der Waals surface area contributed by atoms with Gasteiger partial charge >= 0.3 is 0 Å². The highest BCUT2D eigenvalue weighted by Crippen LogP contribution is 2.30. The second kappa shape index (κ2) is 3.42. The van der Waals surface area contributed by atoms with Crippen LogP contribution in [0.4, 0.5) is 0 Å². The number of thioether (sulfide) groups is 1. The summed E-state index contributed by atoms with van der Waals surface area (Å²) < 4.78 is 0.958. The minimum atomic E-state index is 0.958. The van der Waals surface area contributed by atoms with E-state index in [9.17, 15) is 0 Å². The van der Waals surface area contributed by atoms with E-state index >= 15 is 0 Å². The highest BCUT2D eigenvalue weighted by Gasteiger charge is 2.08. The summed E-state index contributed by atoms with van der Waals surface area (Å²) in [5, 5.41) is 0. The van der Waals surface area contributed by atoms with Crippen molar-refractivity contribution < 1.29 is 0 Å². The van der Waals surface area contributed by atoms with E-state index in [1.807, 2.05) is 6.08 Å². The molecular weight excluding hydrogens is 184 g/mol. The van der Waals surface area contributed by atoms with Gasteiger partial charge in [0.2, 0.25) is 0 Å². The zero-order chi connectivity index (χ0) is 8.39. The highest BCUT2D eigenvalue weighted by atomic mass is 32.2. The van der Waals surface area contributed by atoms with E-state index in [1.165, 1.54) is 10.5 Å². The zero-order valence-electron chi connectivity index (χ0n) is 6.49. The molecule has 0 aromatic rings. The summed E-state index contributed by atoms with van der Waals surface area (Å²) in [6.07, 6.45) is 13.5. The summed E-state index contributed by atoms with van der Waals surface area (Å²) in [5.74, 6) is 0. The van der Waals surface area contributed by atoms with Gasteiger partial charge in [-0.1, -0.05) is 54.4 Å². The Morgan fingerprint density at radius 1 is 1.17 bits per heavy atom. The third-order valence-corrected chi connectivity index (χ3v) is 3.01. The Morgan fingerprint density at radius 2 is 2.00 bits per heavy atom. The number of fused-ring (bicyclic) bond motifs is 2. The van der Waals surface area contributed by atoms with Crippen molar-refractivity contribution in [2.75, 3.05) is 0 Å². The first kappa shape index (κ1) is 8.02. The van der Waals surface area contributed by atoms with Gasteiger partial charge in [0.25, 0.3) is 0 Å². The largest absolute Gasteiger partial charge is 0.0824 e. The number of hydrogen-bond acceptors (Lipinski definition) is 2. The molecule has 60 valence electrons.